The summed E-state index contributed by atoms with van der Waals surface area (Å²) in [5, 5.41) is 27.8. The molecule has 0 aromatic carbocycles. The highest BCUT2D eigenvalue weighted by molar-refractivity contribution is 4.86. The smallest absolute Gasteiger partial charge is 0.186 e. The Balaban J connectivity index is 2.63. The third-order valence-electron chi connectivity index (χ3n) is 2.04. The maximum atomic E-state index is 9.27. The number of ether oxygens (including phenoxy) is 2. The van der Waals surface area contributed by atoms with Crippen molar-refractivity contribution in [2.75, 3.05) is 7.11 Å². The summed E-state index contributed by atoms with van der Waals surface area (Å²) in [4.78, 5) is 0. The van der Waals surface area contributed by atoms with Gasteiger partial charge in [0.2, 0.25) is 0 Å². The summed E-state index contributed by atoms with van der Waals surface area (Å²) in [5.74, 6) is 0. The highest BCUT2D eigenvalue weighted by Crippen LogP contribution is 2.20. The summed E-state index contributed by atoms with van der Waals surface area (Å²) in [6.45, 7) is 1.60. The molecule has 0 aromatic heterocycles. The van der Waals surface area contributed by atoms with E-state index < -0.39 is 30.7 Å². The first kappa shape index (κ1) is 9.88. The minimum Gasteiger partial charge on any atom is -0.388 e. The molecule has 0 radical (unpaired) electrons. The second-order valence-electron chi connectivity index (χ2n) is 2.92. The Morgan fingerprint density at radius 1 is 1.08 bits per heavy atom. The topological polar surface area (TPSA) is 79.2 Å². The lowest BCUT2D eigenvalue weighted by atomic mass is 10.0. The largest absolute Gasteiger partial charge is 0.388 e. The number of methoxy groups -OCH3 is 1. The molecule has 1 fully saturated rings. The van der Waals surface area contributed by atoms with Crippen LogP contribution in [0.15, 0.2) is 0 Å². The molecule has 5 atom stereocenters. The Labute approximate surface area is 70.5 Å². The second-order valence-corrected chi connectivity index (χ2v) is 2.92. The van der Waals surface area contributed by atoms with Gasteiger partial charge in [-0.25, -0.2) is 0 Å². The molecule has 0 aromatic rings. The second kappa shape index (κ2) is 3.68. The molecule has 5 heteroatoms. The molecule has 1 aliphatic rings. The minimum absolute atomic E-state index is 0.534. The molecule has 0 saturated carbocycles. The lowest BCUT2D eigenvalue weighted by molar-refractivity contribution is -0.286. The fourth-order valence-electron chi connectivity index (χ4n) is 1.21. The van der Waals surface area contributed by atoms with Crippen LogP contribution in [0.3, 0.4) is 0 Å². The highest BCUT2D eigenvalue weighted by atomic mass is 16.7. The molecule has 0 unspecified atom stereocenters. The van der Waals surface area contributed by atoms with Gasteiger partial charge < -0.3 is 24.8 Å². The third kappa shape index (κ3) is 1.60. The Morgan fingerprint density at radius 2 is 1.67 bits per heavy atom. The van der Waals surface area contributed by atoms with Crippen molar-refractivity contribution in [1.29, 1.82) is 0 Å². The van der Waals surface area contributed by atoms with Crippen molar-refractivity contribution in [3.8, 4) is 0 Å². The predicted molar refractivity (Wildman–Crippen MR) is 39.4 cm³/mol. The molecular weight excluding hydrogens is 164 g/mol. The van der Waals surface area contributed by atoms with E-state index in [1.54, 1.807) is 6.92 Å². The summed E-state index contributed by atoms with van der Waals surface area (Å²) >= 11 is 0. The zero-order valence-corrected chi connectivity index (χ0v) is 7.04. The summed E-state index contributed by atoms with van der Waals surface area (Å²) < 4.78 is 9.80. The minimum atomic E-state index is -1.21. The molecule has 3 N–H and O–H groups in total. The number of hydrogen-bond acceptors (Lipinski definition) is 5. The number of aliphatic hydroxyl groups is 3. The number of aliphatic hydroxyl groups excluding tert-OH is 3. The van der Waals surface area contributed by atoms with Crippen molar-refractivity contribution >= 4 is 0 Å². The van der Waals surface area contributed by atoms with Crippen molar-refractivity contribution in [3.05, 3.63) is 0 Å². The van der Waals surface area contributed by atoms with E-state index in [-0.39, 0.29) is 0 Å². The Hall–Kier alpha value is -0.200. The maximum Gasteiger partial charge on any atom is 0.186 e. The summed E-state index contributed by atoms with van der Waals surface area (Å²) in [5.41, 5.74) is 0. The van der Waals surface area contributed by atoms with Gasteiger partial charge in [0.1, 0.15) is 18.3 Å². The molecule has 0 amide bonds. The van der Waals surface area contributed by atoms with Crippen LogP contribution < -0.4 is 0 Å². The van der Waals surface area contributed by atoms with E-state index in [0.29, 0.717) is 0 Å². The fraction of sp³-hybridized carbons (Fsp3) is 1.00. The van der Waals surface area contributed by atoms with Crippen molar-refractivity contribution in [2.45, 2.75) is 37.6 Å². The molecule has 12 heavy (non-hydrogen) atoms. The van der Waals surface area contributed by atoms with Crippen LogP contribution >= 0.6 is 0 Å². The van der Waals surface area contributed by atoms with Crippen LogP contribution in [0, 0.1) is 0 Å². The van der Waals surface area contributed by atoms with Gasteiger partial charge in [0, 0.05) is 7.11 Å². The van der Waals surface area contributed by atoms with Gasteiger partial charge in [0.15, 0.2) is 6.29 Å². The van der Waals surface area contributed by atoms with E-state index >= 15 is 0 Å². The van der Waals surface area contributed by atoms with Crippen molar-refractivity contribution in [3.63, 3.8) is 0 Å². The molecule has 72 valence electrons. The average Bonchev–Trinajstić information content (AvgIpc) is 2.08. The molecular formula is C7H14O5. The van der Waals surface area contributed by atoms with Crippen molar-refractivity contribution in [1.82, 2.24) is 0 Å². The van der Waals surface area contributed by atoms with Gasteiger partial charge in [-0.05, 0) is 6.92 Å². The Kier molecular flexibility index (Phi) is 3.03. The van der Waals surface area contributed by atoms with Gasteiger partial charge in [-0.3, -0.25) is 0 Å². The van der Waals surface area contributed by atoms with Gasteiger partial charge >= 0.3 is 0 Å². The third-order valence-corrected chi connectivity index (χ3v) is 2.04. The number of hydrogen-bond donors (Lipinski definition) is 3. The van der Waals surface area contributed by atoms with E-state index in [0.717, 1.165) is 0 Å². The van der Waals surface area contributed by atoms with Crippen molar-refractivity contribution < 1.29 is 24.8 Å². The fourth-order valence-corrected chi connectivity index (χ4v) is 1.21. The molecule has 0 spiro atoms. The molecule has 1 saturated heterocycles. The summed E-state index contributed by atoms with van der Waals surface area (Å²) in [7, 11) is 1.37. The average molecular weight is 178 g/mol. The van der Waals surface area contributed by atoms with Crippen molar-refractivity contribution in [2.24, 2.45) is 0 Å². The first-order valence-corrected chi connectivity index (χ1v) is 3.80. The molecule has 1 heterocycles. The Bertz CT molecular complexity index is 146. The SMILES string of the molecule is CO[C@@H]1O[C@H](C)[C@@H](O)[C@H](O)[C@H]1O. The van der Waals surface area contributed by atoms with Gasteiger partial charge in [-0.15, -0.1) is 0 Å². The van der Waals surface area contributed by atoms with E-state index in [4.69, 9.17) is 9.47 Å². The zero-order valence-electron chi connectivity index (χ0n) is 7.04. The Morgan fingerprint density at radius 3 is 2.17 bits per heavy atom. The number of rotatable bonds is 1. The van der Waals surface area contributed by atoms with Gasteiger partial charge in [-0.1, -0.05) is 0 Å². The normalized spacial score (nSPS) is 49.2. The van der Waals surface area contributed by atoms with Crippen LogP contribution in [0.5, 0.6) is 0 Å². The van der Waals surface area contributed by atoms with E-state index in [1.807, 2.05) is 0 Å². The maximum absolute atomic E-state index is 9.27. The van der Waals surface area contributed by atoms with Crippen LogP contribution in [0.4, 0.5) is 0 Å². The summed E-state index contributed by atoms with van der Waals surface area (Å²) in [6.07, 6.45) is -4.86. The monoisotopic (exact) mass is 178 g/mol. The molecule has 1 rings (SSSR count). The molecule has 1 aliphatic heterocycles. The van der Waals surface area contributed by atoms with Gasteiger partial charge in [-0.2, -0.15) is 0 Å². The van der Waals surface area contributed by atoms with Gasteiger partial charge in [0.25, 0.3) is 0 Å². The van der Waals surface area contributed by atoms with Crippen LogP contribution in [0.2, 0.25) is 0 Å². The zero-order chi connectivity index (χ0) is 9.30. The van der Waals surface area contributed by atoms with E-state index in [2.05, 4.69) is 0 Å². The van der Waals surface area contributed by atoms with Crippen LogP contribution in [-0.2, 0) is 9.47 Å². The van der Waals surface area contributed by atoms with E-state index in [9.17, 15) is 15.3 Å². The molecule has 0 aliphatic carbocycles. The van der Waals surface area contributed by atoms with Crippen LogP contribution in [-0.4, -0.2) is 53.1 Å². The first-order valence-electron chi connectivity index (χ1n) is 3.80. The lowest BCUT2D eigenvalue weighted by Crippen LogP contribution is -2.57. The summed E-state index contributed by atoms with van der Waals surface area (Å²) in [6, 6.07) is 0. The predicted octanol–water partition coefficient (Wildman–Crippen LogP) is -1.54. The van der Waals surface area contributed by atoms with Crippen LogP contribution in [0.1, 0.15) is 6.92 Å². The van der Waals surface area contributed by atoms with E-state index in [1.165, 1.54) is 7.11 Å². The molecule has 0 bridgehead atoms. The van der Waals surface area contributed by atoms with Gasteiger partial charge in [0.05, 0.1) is 6.10 Å². The quantitative estimate of drug-likeness (QED) is 0.453. The molecule has 5 nitrogen and oxygen atoms in total. The lowest BCUT2D eigenvalue weighted by Gasteiger charge is -2.38. The standard InChI is InChI=1S/C7H14O5/c1-3-4(8)5(9)6(10)7(11-2)12-3/h3-10H,1-2H3/t3-,4-,5+,6-,7-/m1/s1. The highest BCUT2D eigenvalue weighted by Gasteiger charge is 2.41. The first-order chi connectivity index (χ1) is 5.57. The van der Waals surface area contributed by atoms with Crippen LogP contribution in [0.25, 0.3) is 0 Å².